The largest absolute Gasteiger partial charge is 0.396 e. The molecule has 0 atom stereocenters. The van der Waals surface area contributed by atoms with Crippen molar-refractivity contribution in [1.82, 2.24) is 9.88 Å². The second kappa shape index (κ2) is 6.45. The molecule has 1 aromatic rings. The van der Waals surface area contributed by atoms with E-state index < -0.39 is 0 Å². The van der Waals surface area contributed by atoms with Crippen LogP contribution in [0.2, 0.25) is 0 Å². The highest BCUT2D eigenvalue weighted by molar-refractivity contribution is 5.63. The summed E-state index contributed by atoms with van der Waals surface area (Å²) in [6.07, 6.45) is 3.00. The van der Waals surface area contributed by atoms with Gasteiger partial charge in [0.15, 0.2) is 5.82 Å². The molecule has 17 heavy (non-hydrogen) atoms. The first-order valence-corrected chi connectivity index (χ1v) is 6.16. The highest BCUT2D eigenvalue weighted by Gasteiger charge is 2.09. The molecule has 0 radical (unpaired) electrons. The van der Waals surface area contributed by atoms with Gasteiger partial charge in [-0.15, -0.1) is 0 Å². The van der Waals surface area contributed by atoms with Crippen molar-refractivity contribution in [2.24, 2.45) is 0 Å². The van der Waals surface area contributed by atoms with Gasteiger partial charge >= 0.3 is 0 Å². The van der Waals surface area contributed by atoms with E-state index in [1.54, 1.807) is 0 Å². The van der Waals surface area contributed by atoms with Gasteiger partial charge < -0.3 is 15.5 Å². The summed E-state index contributed by atoms with van der Waals surface area (Å²) in [6.45, 7) is 7.16. The molecule has 0 bridgehead atoms. The fourth-order valence-corrected chi connectivity index (χ4v) is 1.84. The molecule has 1 aromatic heterocycles. The average molecular weight is 236 g/mol. The van der Waals surface area contributed by atoms with Crippen LogP contribution in [-0.2, 0) is 0 Å². The number of hydrogen-bond acceptors (Lipinski definition) is 4. The lowest BCUT2D eigenvalue weighted by atomic mass is 10.2. The van der Waals surface area contributed by atoms with Crippen LogP contribution in [0.1, 0.15) is 18.9 Å². The van der Waals surface area contributed by atoms with Crippen LogP contribution in [0.25, 0.3) is 0 Å². The molecule has 4 nitrogen and oxygen atoms in total. The second-order valence-electron chi connectivity index (χ2n) is 4.66. The molecule has 0 aliphatic carbocycles. The Morgan fingerprint density at radius 1 is 1.29 bits per heavy atom. The molecule has 0 aliphatic heterocycles. The molecular weight excluding hydrogens is 212 g/mol. The number of nitrogens with two attached hydrogens (primary N) is 1. The van der Waals surface area contributed by atoms with Gasteiger partial charge in [-0.1, -0.05) is 0 Å². The van der Waals surface area contributed by atoms with Crippen LogP contribution in [-0.4, -0.2) is 43.6 Å². The van der Waals surface area contributed by atoms with Gasteiger partial charge in [0.05, 0.1) is 5.69 Å². The minimum Gasteiger partial charge on any atom is -0.396 e. The quantitative estimate of drug-likeness (QED) is 0.817. The van der Waals surface area contributed by atoms with E-state index in [4.69, 9.17) is 5.73 Å². The van der Waals surface area contributed by atoms with E-state index >= 15 is 0 Å². The third-order valence-corrected chi connectivity index (χ3v) is 2.75. The molecule has 0 amide bonds. The van der Waals surface area contributed by atoms with Gasteiger partial charge in [-0.05, 0) is 52.5 Å². The SMILES string of the molecule is CCN(CCCN(C)C)c1ncc(C)cc1N. The minimum absolute atomic E-state index is 0.775. The van der Waals surface area contributed by atoms with E-state index in [0.717, 1.165) is 43.1 Å². The molecule has 0 saturated carbocycles. The molecule has 1 heterocycles. The molecule has 2 N–H and O–H groups in total. The summed E-state index contributed by atoms with van der Waals surface area (Å²) < 4.78 is 0. The van der Waals surface area contributed by atoms with Gasteiger partial charge in [0, 0.05) is 19.3 Å². The molecular formula is C13H24N4. The van der Waals surface area contributed by atoms with Crippen molar-refractivity contribution < 1.29 is 0 Å². The van der Waals surface area contributed by atoms with Gasteiger partial charge in [0.2, 0.25) is 0 Å². The zero-order chi connectivity index (χ0) is 12.8. The number of anilines is 2. The van der Waals surface area contributed by atoms with Crippen molar-refractivity contribution in [3.8, 4) is 0 Å². The molecule has 0 aromatic carbocycles. The third kappa shape index (κ3) is 4.23. The van der Waals surface area contributed by atoms with Crippen LogP contribution in [0.4, 0.5) is 11.5 Å². The lowest BCUT2D eigenvalue weighted by Gasteiger charge is -2.24. The lowest BCUT2D eigenvalue weighted by molar-refractivity contribution is 0.400. The summed E-state index contributed by atoms with van der Waals surface area (Å²) in [6, 6.07) is 1.98. The number of pyridine rings is 1. The normalized spacial score (nSPS) is 10.9. The Morgan fingerprint density at radius 3 is 2.53 bits per heavy atom. The highest BCUT2D eigenvalue weighted by atomic mass is 15.2. The summed E-state index contributed by atoms with van der Waals surface area (Å²) in [4.78, 5) is 8.86. The monoisotopic (exact) mass is 236 g/mol. The number of hydrogen-bond donors (Lipinski definition) is 1. The van der Waals surface area contributed by atoms with E-state index in [0.29, 0.717) is 0 Å². The van der Waals surface area contributed by atoms with Crippen LogP contribution in [0, 0.1) is 6.92 Å². The van der Waals surface area contributed by atoms with Gasteiger partial charge in [-0.3, -0.25) is 0 Å². The molecule has 1 rings (SSSR count). The topological polar surface area (TPSA) is 45.4 Å². The van der Waals surface area contributed by atoms with Crippen LogP contribution >= 0.6 is 0 Å². The Morgan fingerprint density at radius 2 is 2.00 bits per heavy atom. The number of nitrogen functional groups attached to an aromatic ring is 1. The zero-order valence-corrected chi connectivity index (χ0v) is 11.4. The highest BCUT2D eigenvalue weighted by Crippen LogP contribution is 2.20. The van der Waals surface area contributed by atoms with Crippen molar-refractivity contribution in [1.29, 1.82) is 0 Å². The summed E-state index contributed by atoms with van der Waals surface area (Å²) in [5.41, 5.74) is 7.90. The Bertz CT molecular complexity index is 349. The van der Waals surface area contributed by atoms with Crippen LogP contribution in [0.5, 0.6) is 0 Å². The van der Waals surface area contributed by atoms with Crippen LogP contribution < -0.4 is 10.6 Å². The van der Waals surface area contributed by atoms with E-state index in [1.165, 1.54) is 0 Å². The molecule has 96 valence electrons. The maximum absolute atomic E-state index is 6.01. The summed E-state index contributed by atoms with van der Waals surface area (Å²) in [5.74, 6) is 0.914. The van der Waals surface area contributed by atoms with Crippen molar-refractivity contribution in [3.05, 3.63) is 17.8 Å². The van der Waals surface area contributed by atoms with Crippen molar-refractivity contribution in [3.63, 3.8) is 0 Å². The smallest absolute Gasteiger partial charge is 0.151 e. The summed E-state index contributed by atoms with van der Waals surface area (Å²) >= 11 is 0. The van der Waals surface area contributed by atoms with Crippen molar-refractivity contribution in [2.45, 2.75) is 20.3 Å². The Hall–Kier alpha value is -1.29. The number of aryl methyl sites for hydroxylation is 1. The number of rotatable bonds is 6. The predicted octanol–water partition coefficient (Wildman–Crippen LogP) is 1.75. The standard InChI is InChI=1S/C13H24N4/c1-5-17(8-6-7-16(3)4)13-12(14)9-11(2)10-15-13/h9-10H,5-8,14H2,1-4H3. The van der Waals surface area contributed by atoms with Crippen molar-refractivity contribution >= 4 is 11.5 Å². The Labute approximate surface area is 104 Å². The Kier molecular flexibility index (Phi) is 5.22. The van der Waals surface area contributed by atoms with E-state index in [1.807, 2.05) is 19.2 Å². The second-order valence-corrected chi connectivity index (χ2v) is 4.66. The first-order chi connectivity index (χ1) is 8.04. The summed E-state index contributed by atoms with van der Waals surface area (Å²) in [5, 5.41) is 0. The summed E-state index contributed by atoms with van der Waals surface area (Å²) in [7, 11) is 4.18. The third-order valence-electron chi connectivity index (χ3n) is 2.75. The number of nitrogens with zero attached hydrogens (tertiary/aromatic N) is 3. The fourth-order valence-electron chi connectivity index (χ4n) is 1.84. The minimum atomic E-state index is 0.775. The van der Waals surface area contributed by atoms with Gasteiger partial charge in [-0.25, -0.2) is 4.98 Å². The molecule has 4 heteroatoms. The van der Waals surface area contributed by atoms with Crippen molar-refractivity contribution in [2.75, 3.05) is 44.4 Å². The zero-order valence-electron chi connectivity index (χ0n) is 11.4. The lowest BCUT2D eigenvalue weighted by Crippen LogP contribution is -2.28. The number of aromatic nitrogens is 1. The first-order valence-electron chi connectivity index (χ1n) is 6.16. The molecule has 0 aliphatic rings. The van der Waals surface area contributed by atoms with E-state index in [9.17, 15) is 0 Å². The first kappa shape index (κ1) is 13.8. The van der Waals surface area contributed by atoms with Gasteiger partial charge in [0.1, 0.15) is 0 Å². The van der Waals surface area contributed by atoms with E-state index in [2.05, 4.69) is 35.8 Å². The molecule has 0 unspecified atom stereocenters. The van der Waals surface area contributed by atoms with Gasteiger partial charge in [0.25, 0.3) is 0 Å². The molecule has 0 saturated heterocycles. The average Bonchev–Trinajstić information content (AvgIpc) is 2.25. The Balaban J connectivity index is 2.66. The predicted molar refractivity (Wildman–Crippen MR) is 74.4 cm³/mol. The van der Waals surface area contributed by atoms with E-state index in [-0.39, 0.29) is 0 Å². The van der Waals surface area contributed by atoms with Gasteiger partial charge in [-0.2, -0.15) is 0 Å². The maximum atomic E-state index is 6.01. The molecule has 0 spiro atoms. The van der Waals surface area contributed by atoms with Crippen LogP contribution in [0.3, 0.4) is 0 Å². The molecule has 0 fully saturated rings. The fraction of sp³-hybridized carbons (Fsp3) is 0.615. The maximum Gasteiger partial charge on any atom is 0.151 e. The van der Waals surface area contributed by atoms with Crippen LogP contribution in [0.15, 0.2) is 12.3 Å².